The van der Waals surface area contributed by atoms with E-state index >= 15 is 0 Å². The van der Waals surface area contributed by atoms with Gasteiger partial charge in [0.05, 0.1) is 12.0 Å². The minimum absolute atomic E-state index is 0.270. The van der Waals surface area contributed by atoms with Gasteiger partial charge in [-0.1, -0.05) is 55.5 Å². The summed E-state index contributed by atoms with van der Waals surface area (Å²) >= 11 is 0. The molecule has 0 radical (unpaired) electrons. The predicted octanol–water partition coefficient (Wildman–Crippen LogP) is 4.47. The molecule has 2 unspecified atom stereocenters. The first-order chi connectivity index (χ1) is 16.4. The summed E-state index contributed by atoms with van der Waals surface area (Å²) < 4.78 is 24.7. The fraction of sp³-hybridized carbons (Fsp3) is 0.259. The lowest BCUT2D eigenvalue weighted by Gasteiger charge is -2.23. The normalized spacial score (nSPS) is 12.6. The Labute approximate surface area is 198 Å². The summed E-state index contributed by atoms with van der Waals surface area (Å²) in [5, 5.41) is 11.2. The zero-order chi connectivity index (χ0) is 24.5. The van der Waals surface area contributed by atoms with Crippen LogP contribution in [0.4, 0.5) is 4.39 Å². The van der Waals surface area contributed by atoms with Gasteiger partial charge in [0.1, 0.15) is 24.7 Å². The summed E-state index contributed by atoms with van der Waals surface area (Å²) in [7, 11) is 1.54. The van der Waals surface area contributed by atoms with Crippen LogP contribution < -0.4 is 10.1 Å². The number of nitrogens with one attached hydrogen (secondary N) is 1. The van der Waals surface area contributed by atoms with Crippen LogP contribution in [0.25, 0.3) is 11.1 Å². The lowest BCUT2D eigenvalue weighted by molar-refractivity contribution is -0.139. The maximum Gasteiger partial charge on any atom is 0.322 e. The van der Waals surface area contributed by atoms with Crippen molar-refractivity contribution < 1.29 is 28.6 Å². The van der Waals surface area contributed by atoms with Gasteiger partial charge in [-0.2, -0.15) is 0 Å². The average Bonchev–Trinajstić information content (AvgIpc) is 2.85. The second-order valence-corrected chi connectivity index (χ2v) is 7.97. The van der Waals surface area contributed by atoms with Crippen molar-refractivity contribution in [2.24, 2.45) is 5.92 Å². The maximum atomic E-state index is 13.1. The molecule has 3 rings (SSSR count). The molecular formula is C27H28FNO5. The maximum absolute atomic E-state index is 13.1. The average molecular weight is 466 g/mol. The second-order valence-electron chi connectivity index (χ2n) is 7.97. The van der Waals surface area contributed by atoms with Gasteiger partial charge in [0, 0.05) is 7.11 Å². The zero-order valence-corrected chi connectivity index (χ0v) is 19.2. The lowest BCUT2D eigenvalue weighted by Crippen LogP contribution is -2.40. The molecule has 0 fully saturated rings. The Kier molecular flexibility index (Phi) is 8.76. The van der Waals surface area contributed by atoms with Gasteiger partial charge in [0.2, 0.25) is 5.91 Å². The standard InChI is InChI=1S/C27H28FNO5/c1-18(27(32)29-16-26(30)31)25(33-2)15-21-5-3-4-6-22(21)17-34-24-13-9-20(10-14-24)19-7-11-23(28)12-8-19/h3-14,18,25H,15-17H2,1-2H3,(H,29,32)(H,30,31). The van der Waals surface area contributed by atoms with Crippen molar-refractivity contribution in [1.29, 1.82) is 0 Å². The van der Waals surface area contributed by atoms with E-state index in [0.717, 1.165) is 22.3 Å². The van der Waals surface area contributed by atoms with Gasteiger partial charge >= 0.3 is 5.97 Å². The number of aliphatic carboxylic acids is 1. The molecule has 0 saturated heterocycles. The fourth-order valence-electron chi connectivity index (χ4n) is 3.62. The smallest absolute Gasteiger partial charge is 0.322 e. The molecule has 3 aromatic carbocycles. The van der Waals surface area contributed by atoms with Gasteiger partial charge in [0.25, 0.3) is 0 Å². The highest BCUT2D eigenvalue weighted by molar-refractivity contribution is 5.83. The molecule has 0 aliphatic rings. The number of benzene rings is 3. The molecule has 7 heteroatoms. The first kappa shape index (κ1) is 24.9. The molecule has 3 aromatic rings. The molecule has 2 N–H and O–H groups in total. The van der Waals surface area contributed by atoms with Gasteiger partial charge in [-0.3, -0.25) is 9.59 Å². The molecule has 178 valence electrons. The molecule has 0 bridgehead atoms. The summed E-state index contributed by atoms with van der Waals surface area (Å²) in [6.45, 7) is 1.62. The van der Waals surface area contributed by atoms with Crippen molar-refractivity contribution in [2.45, 2.75) is 26.1 Å². The van der Waals surface area contributed by atoms with Gasteiger partial charge in [-0.15, -0.1) is 0 Å². The number of hydrogen-bond acceptors (Lipinski definition) is 4. The van der Waals surface area contributed by atoms with Crippen LogP contribution in [0.5, 0.6) is 5.75 Å². The van der Waals surface area contributed by atoms with Crippen molar-refractivity contribution in [3.8, 4) is 16.9 Å². The van der Waals surface area contributed by atoms with E-state index in [0.29, 0.717) is 18.8 Å². The third-order valence-corrected chi connectivity index (χ3v) is 5.65. The van der Waals surface area contributed by atoms with Crippen molar-refractivity contribution in [3.63, 3.8) is 0 Å². The topological polar surface area (TPSA) is 84.9 Å². The van der Waals surface area contributed by atoms with Crippen molar-refractivity contribution in [3.05, 3.63) is 89.7 Å². The van der Waals surface area contributed by atoms with E-state index in [1.54, 1.807) is 19.1 Å². The van der Waals surface area contributed by atoms with Gasteiger partial charge in [-0.05, 0) is 52.9 Å². The van der Waals surface area contributed by atoms with E-state index < -0.39 is 24.5 Å². The summed E-state index contributed by atoms with van der Waals surface area (Å²) in [5.41, 5.74) is 3.83. The Bertz CT molecular complexity index is 1100. The SMILES string of the molecule is COC(Cc1ccccc1COc1ccc(-c2ccc(F)cc2)cc1)C(C)C(=O)NCC(=O)O. The summed E-state index contributed by atoms with van der Waals surface area (Å²) in [6, 6.07) is 21.7. The fourth-order valence-corrected chi connectivity index (χ4v) is 3.62. The van der Waals surface area contributed by atoms with Crippen molar-refractivity contribution in [1.82, 2.24) is 5.32 Å². The number of carbonyl (C=O) groups is 2. The molecule has 0 aliphatic carbocycles. The molecule has 0 saturated carbocycles. The van der Waals surface area contributed by atoms with Crippen LogP contribution in [0.2, 0.25) is 0 Å². The molecule has 0 spiro atoms. The van der Waals surface area contributed by atoms with E-state index in [-0.39, 0.29) is 11.7 Å². The molecular weight excluding hydrogens is 437 g/mol. The summed E-state index contributed by atoms with van der Waals surface area (Å²) in [6.07, 6.45) is 0.0474. The molecule has 0 aliphatic heterocycles. The Hall–Kier alpha value is -3.71. The number of carboxylic acid groups (broad SMARTS) is 1. The number of carbonyl (C=O) groups excluding carboxylic acids is 1. The Morgan fingerprint density at radius 3 is 2.12 bits per heavy atom. The van der Waals surface area contributed by atoms with Crippen LogP contribution in [0, 0.1) is 11.7 Å². The molecule has 34 heavy (non-hydrogen) atoms. The summed E-state index contributed by atoms with van der Waals surface area (Å²) in [4.78, 5) is 23.0. The number of hydrogen-bond donors (Lipinski definition) is 2. The lowest BCUT2D eigenvalue weighted by atomic mass is 9.94. The molecule has 6 nitrogen and oxygen atoms in total. The van der Waals surface area contributed by atoms with Crippen LogP contribution in [-0.2, 0) is 27.4 Å². The Balaban J connectivity index is 1.64. The largest absolute Gasteiger partial charge is 0.489 e. The van der Waals surface area contributed by atoms with E-state index in [2.05, 4.69) is 5.32 Å². The van der Waals surface area contributed by atoms with Gasteiger partial charge in [0.15, 0.2) is 0 Å². The molecule has 0 aromatic heterocycles. The first-order valence-corrected chi connectivity index (χ1v) is 10.9. The predicted molar refractivity (Wildman–Crippen MR) is 127 cm³/mol. The van der Waals surface area contributed by atoms with Crippen LogP contribution in [0.15, 0.2) is 72.8 Å². The Morgan fingerprint density at radius 2 is 1.53 bits per heavy atom. The minimum atomic E-state index is -1.09. The van der Waals surface area contributed by atoms with Crippen LogP contribution in [0.1, 0.15) is 18.1 Å². The third-order valence-electron chi connectivity index (χ3n) is 5.65. The minimum Gasteiger partial charge on any atom is -0.489 e. The molecule has 0 heterocycles. The van der Waals surface area contributed by atoms with Crippen LogP contribution >= 0.6 is 0 Å². The number of methoxy groups -OCH3 is 1. The van der Waals surface area contributed by atoms with E-state index in [4.69, 9.17) is 14.6 Å². The Morgan fingerprint density at radius 1 is 0.941 bits per heavy atom. The van der Waals surface area contributed by atoms with E-state index in [1.807, 2.05) is 48.5 Å². The highest BCUT2D eigenvalue weighted by Crippen LogP contribution is 2.24. The number of amides is 1. The van der Waals surface area contributed by atoms with Crippen molar-refractivity contribution in [2.75, 3.05) is 13.7 Å². The van der Waals surface area contributed by atoms with Gasteiger partial charge in [-0.25, -0.2) is 4.39 Å². The van der Waals surface area contributed by atoms with Crippen LogP contribution in [-0.4, -0.2) is 36.7 Å². The highest BCUT2D eigenvalue weighted by atomic mass is 19.1. The first-order valence-electron chi connectivity index (χ1n) is 10.9. The third kappa shape index (κ3) is 6.89. The number of rotatable bonds is 11. The second kappa shape index (κ2) is 12.0. The number of carboxylic acids is 1. The number of ether oxygens (including phenoxy) is 2. The van der Waals surface area contributed by atoms with E-state index in [1.165, 1.54) is 19.2 Å². The highest BCUT2D eigenvalue weighted by Gasteiger charge is 2.25. The number of halogens is 1. The monoisotopic (exact) mass is 465 g/mol. The molecule has 1 amide bonds. The zero-order valence-electron chi connectivity index (χ0n) is 19.2. The van der Waals surface area contributed by atoms with Crippen LogP contribution in [0.3, 0.4) is 0 Å². The molecule has 2 atom stereocenters. The van der Waals surface area contributed by atoms with Gasteiger partial charge < -0.3 is 19.9 Å². The summed E-state index contributed by atoms with van der Waals surface area (Å²) in [5.74, 6) is -1.57. The van der Waals surface area contributed by atoms with E-state index in [9.17, 15) is 14.0 Å². The quantitative estimate of drug-likeness (QED) is 0.437. The van der Waals surface area contributed by atoms with Crippen molar-refractivity contribution >= 4 is 11.9 Å².